The van der Waals surface area contributed by atoms with Crippen LogP contribution in [0.25, 0.3) is 6.08 Å². The molecule has 0 radical (unpaired) electrons. The Balaban J connectivity index is 0.000000336. The molecule has 0 aliphatic carbocycles. The number of unbranched alkanes of at least 4 members (excludes halogenated alkanes) is 1. The van der Waals surface area contributed by atoms with Crippen LogP contribution in [0.2, 0.25) is 0 Å². The fraction of sp³-hybridized carbons (Fsp3) is 0.308. The van der Waals surface area contributed by atoms with Crippen LogP contribution in [0.3, 0.4) is 0 Å². The highest BCUT2D eigenvalue weighted by Crippen LogP contribution is 1.99. The zero-order valence-electron chi connectivity index (χ0n) is 9.23. The third-order valence-electron chi connectivity index (χ3n) is 1.72. The SMILES string of the molecule is CCCCN.O=CC=Cc1ccccc1. The number of carbonyl (C=O) groups excluding carboxylic acids is 1. The molecule has 2 N–H and O–H groups in total. The molecule has 0 unspecified atom stereocenters. The van der Waals surface area contributed by atoms with Gasteiger partial charge in [-0.15, -0.1) is 0 Å². The highest BCUT2D eigenvalue weighted by atomic mass is 16.1. The fourth-order valence-corrected chi connectivity index (χ4v) is 0.919. The van der Waals surface area contributed by atoms with Gasteiger partial charge in [-0.25, -0.2) is 0 Å². The topological polar surface area (TPSA) is 43.1 Å². The number of allylic oxidation sites excluding steroid dienone is 1. The third kappa shape index (κ3) is 8.91. The minimum atomic E-state index is 0.771. The van der Waals surface area contributed by atoms with E-state index in [0.717, 1.165) is 18.4 Å². The molecule has 15 heavy (non-hydrogen) atoms. The third-order valence-corrected chi connectivity index (χ3v) is 1.72. The van der Waals surface area contributed by atoms with Gasteiger partial charge in [0.15, 0.2) is 0 Å². The van der Waals surface area contributed by atoms with Crippen molar-refractivity contribution in [3.8, 4) is 0 Å². The van der Waals surface area contributed by atoms with Crippen molar-refractivity contribution in [2.45, 2.75) is 19.8 Å². The lowest BCUT2D eigenvalue weighted by atomic mass is 10.2. The molecule has 1 aromatic rings. The molecule has 0 aromatic heterocycles. The van der Waals surface area contributed by atoms with E-state index in [1.165, 1.54) is 18.9 Å². The lowest BCUT2D eigenvalue weighted by Gasteiger charge is -1.86. The Labute approximate surface area is 91.8 Å². The predicted octanol–water partition coefficient (Wildman–Crippen LogP) is 2.64. The summed E-state index contributed by atoms with van der Waals surface area (Å²) < 4.78 is 0. The number of aldehydes is 1. The number of hydrogen-bond donors (Lipinski definition) is 1. The summed E-state index contributed by atoms with van der Waals surface area (Å²) in [7, 11) is 0. The molecule has 0 fully saturated rings. The van der Waals surface area contributed by atoms with Crippen molar-refractivity contribution in [2.75, 3.05) is 6.54 Å². The van der Waals surface area contributed by atoms with Gasteiger partial charge in [0.2, 0.25) is 0 Å². The van der Waals surface area contributed by atoms with Crippen molar-refractivity contribution in [2.24, 2.45) is 5.73 Å². The second-order valence-electron chi connectivity index (χ2n) is 3.05. The molecule has 0 aliphatic rings. The van der Waals surface area contributed by atoms with Crippen LogP contribution < -0.4 is 5.73 Å². The lowest BCUT2D eigenvalue weighted by Crippen LogP contribution is -1.95. The van der Waals surface area contributed by atoms with Crippen LogP contribution in [0, 0.1) is 0 Å². The Bertz CT molecular complexity index is 265. The van der Waals surface area contributed by atoms with Crippen LogP contribution in [0.5, 0.6) is 0 Å². The van der Waals surface area contributed by atoms with Gasteiger partial charge in [0.25, 0.3) is 0 Å². The van der Waals surface area contributed by atoms with E-state index in [9.17, 15) is 4.79 Å². The first-order chi connectivity index (χ1) is 7.35. The van der Waals surface area contributed by atoms with E-state index in [1.807, 2.05) is 30.3 Å². The van der Waals surface area contributed by atoms with E-state index in [0.29, 0.717) is 0 Å². The van der Waals surface area contributed by atoms with Gasteiger partial charge in [-0.05, 0) is 24.6 Å². The smallest absolute Gasteiger partial charge is 0.142 e. The monoisotopic (exact) mass is 205 g/mol. The summed E-state index contributed by atoms with van der Waals surface area (Å²) in [5.74, 6) is 0. The average molecular weight is 205 g/mol. The second kappa shape index (κ2) is 10.7. The summed E-state index contributed by atoms with van der Waals surface area (Å²) in [4.78, 5) is 9.89. The zero-order valence-corrected chi connectivity index (χ0v) is 9.23. The molecule has 2 nitrogen and oxygen atoms in total. The maximum absolute atomic E-state index is 9.89. The Hall–Kier alpha value is -1.41. The summed E-state index contributed by atoms with van der Waals surface area (Å²) in [6, 6.07) is 9.70. The van der Waals surface area contributed by atoms with Crippen molar-refractivity contribution in [1.82, 2.24) is 0 Å². The average Bonchev–Trinajstić information content (AvgIpc) is 2.30. The number of carbonyl (C=O) groups is 1. The summed E-state index contributed by atoms with van der Waals surface area (Å²) in [5, 5.41) is 0. The predicted molar refractivity (Wildman–Crippen MR) is 65.5 cm³/mol. The second-order valence-corrected chi connectivity index (χ2v) is 3.05. The highest BCUT2D eigenvalue weighted by molar-refractivity contribution is 5.73. The van der Waals surface area contributed by atoms with Crippen LogP contribution in [-0.4, -0.2) is 12.8 Å². The molecule has 0 atom stereocenters. The molecule has 0 bridgehead atoms. The molecule has 0 saturated heterocycles. The minimum absolute atomic E-state index is 0.771. The standard InChI is InChI=1S/C9H8O.C4H11N/c10-8-4-7-9-5-2-1-3-6-9;1-2-3-4-5/h1-8H;2-5H2,1H3. The largest absolute Gasteiger partial charge is 0.330 e. The van der Waals surface area contributed by atoms with Gasteiger partial charge in [-0.2, -0.15) is 0 Å². The van der Waals surface area contributed by atoms with Crippen molar-refractivity contribution in [3.05, 3.63) is 42.0 Å². The van der Waals surface area contributed by atoms with Crippen LogP contribution >= 0.6 is 0 Å². The van der Waals surface area contributed by atoms with Crippen molar-refractivity contribution in [1.29, 1.82) is 0 Å². The first-order valence-corrected chi connectivity index (χ1v) is 5.22. The quantitative estimate of drug-likeness (QED) is 0.606. The van der Waals surface area contributed by atoms with E-state index >= 15 is 0 Å². The van der Waals surface area contributed by atoms with Crippen LogP contribution in [0.1, 0.15) is 25.3 Å². The number of rotatable bonds is 4. The van der Waals surface area contributed by atoms with Crippen LogP contribution in [0.15, 0.2) is 36.4 Å². The number of benzene rings is 1. The minimum Gasteiger partial charge on any atom is -0.330 e. The van der Waals surface area contributed by atoms with Gasteiger partial charge in [0.05, 0.1) is 0 Å². The lowest BCUT2D eigenvalue weighted by molar-refractivity contribution is -0.104. The van der Waals surface area contributed by atoms with Gasteiger partial charge < -0.3 is 5.73 Å². The molecule has 82 valence electrons. The first kappa shape index (κ1) is 13.6. The molecule has 2 heteroatoms. The van der Waals surface area contributed by atoms with Crippen LogP contribution in [0.4, 0.5) is 0 Å². The Morgan fingerprint density at radius 2 is 1.93 bits per heavy atom. The molecule has 1 rings (SSSR count). The molecule has 1 aromatic carbocycles. The van der Waals surface area contributed by atoms with Gasteiger partial charge in [0.1, 0.15) is 6.29 Å². The van der Waals surface area contributed by atoms with E-state index in [4.69, 9.17) is 5.73 Å². The Kier molecular flexibility index (Phi) is 9.67. The number of nitrogens with two attached hydrogens (primary N) is 1. The molecular formula is C13H19NO. The van der Waals surface area contributed by atoms with E-state index in [-0.39, 0.29) is 0 Å². The van der Waals surface area contributed by atoms with Gasteiger partial charge in [0, 0.05) is 0 Å². The summed E-state index contributed by atoms with van der Waals surface area (Å²) in [6.45, 7) is 2.98. The number of hydrogen-bond acceptors (Lipinski definition) is 2. The maximum atomic E-state index is 9.89. The molecule has 0 spiro atoms. The first-order valence-electron chi connectivity index (χ1n) is 5.22. The summed E-state index contributed by atoms with van der Waals surface area (Å²) in [5.41, 5.74) is 6.19. The molecule has 0 heterocycles. The summed E-state index contributed by atoms with van der Waals surface area (Å²) in [6.07, 6.45) is 6.41. The Morgan fingerprint density at radius 3 is 2.33 bits per heavy atom. The van der Waals surface area contributed by atoms with Crippen molar-refractivity contribution >= 4 is 12.4 Å². The zero-order chi connectivity index (χ0) is 11.4. The van der Waals surface area contributed by atoms with Crippen LogP contribution in [-0.2, 0) is 4.79 Å². The van der Waals surface area contributed by atoms with E-state index < -0.39 is 0 Å². The van der Waals surface area contributed by atoms with Crippen molar-refractivity contribution < 1.29 is 4.79 Å². The molecule has 0 saturated carbocycles. The molecule has 0 aliphatic heterocycles. The van der Waals surface area contributed by atoms with Crippen molar-refractivity contribution in [3.63, 3.8) is 0 Å². The van der Waals surface area contributed by atoms with Gasteiger partial charge in [-0.1, -0.05) is 49.8 Å². The summed E-state index contributed by atoms with van der Waals surface area (Å²) >= 11 is 0. The highest BCUT2D eigenvalue weighted by Gasteiger charge is 1.79. The Morgan fingerprint density at radius 1 is 1.27 bits per heavy atom. The van der Waals surface area contributed by atoms with E-state index in [1.54, 1.807) is 6.08 Å². The molecule has 0 amide bonds. The molecular weight excluding hydrogens is 186 g/mol. The fourth-order valence-electron chi connectivity index (χ4n) is 0.919. The van der Waals surface area contributed by atoms with Gasteiger partial charge in [-0.3, -0.25) is 4.79 Å². The normalized spacial score (nSPS) is 9.47. The maximum Gasteiger partial charge on any atom is 0.142 e. The van der Waals surface area contributed by atoms with E-state index in [2.05, 4.69) is 6.92 Å². The van der Waals surface area contributed by atoms with Gasteiger partial charge >= 0.3 is 0 Å².